The molecule has 0 atom stereocenters. The third-order valence-electron chi connectivity index (χ3n) is 3.90. The third kappa shape index (κ3) is 2.89. The highest BCUT2D eigenvalue weighted by molar-refractivity contribution is 5.82. The van der Waals surface area contributed by atoms with Gasteiger partial charge >= 0.3 is 5.69 Å². The molecule has 3 rings (SSSR count). The number of aromatic nitrogens is 5. The van der Waals surface area contributed by atoms with Crippen LogP contribution < -0.4 is 16.7 Å². The molecule has 1 N–H and O–H groups in total. The van der Waals surface area contributed by atoms with E-state index in [0.29, 0.717) is 0 Å². The molecule has 0 aliphatic heterocycles. The molecular weight excluding hydrogens is 326 g/mol. The number of carbonyl (C=O) groups excluding carboxylic acids is 1. The first-order valence-electron chi connectivity index (χ1n) is 7.44. The van der Waals surface area contributed by atoms with Crippen molar-refractivity contribution < 1.29 is 4.79 Å². The van der Waals surface area contributed by atoms with Gasteiger partial charge in [-0.05, 0) is 12.1 Å². The lowest BCUT2D eigenvalue weighted by Gasteiger charge is -2.06. The molecule has 0 spiro atoms. The van der Waals surface area contributed by atoms with Crippen LogP contribution in [0.5, 0.6) is 0 Å². The van der Waals surface area contributed by atoms with Gasteiger partial charge in [-0.1, -0.05) is 0 Å². The average Bonchev–Trinajstić information content (AvgIpc) is 3.18. The Morgan fingerprint density at radius 2 is 2.04 bits per heavy atom. The summed E-state index contributed by atoms with van der Waals surface area (Å²) >= 11 is 0. The van der Waals surface area contributed by atoms with E-state index in [1.165, 1.54) is 35.8 Å². The quantitative estimate of drug-likeness (QED) is 0.480. The Labute approximate surface area is 141 Å². The summed E-state index contributed by atoms with van der Waals surface area (Å²) in [6.45, 7) is -0.144. The molecule has 3 aromatic heterocycles. The van der Waals surface area contributed by atoms with Crippen LogP contribution >= 0.6 is 0 Å². The minimum atomic E-state index is -0.504. The Kier molecular flexibility index (Phi) is 4.09. The topological polar surface area (TPSA) is 108 Å². The predicted octanol–water partition coefficient (Wildman–Crippen LogP) is -1.08. The average molecular weight is 343 g/mol. The maximum absolute atomic E-state index is 12.3. The van der Waals surface area contributed by atoms with Crippen molar-refractivity contribution in [3.63, 3.8) is 0 Å². The molecule has 0 saturated carbocycles. The van der Waals surface area contributed by atoms with Crippen molar-refractivity contribution in [2.45, 2.75) is 6.54 Å². The van der Waals surface area contributed by atoms with Crippen LogP contribution in [0.2, 0.25) is 0 Å². The molecule has 0 unspecified atom stereocenters. The largest absolute Gasteiger partial charge is 0.350 e. The van der Waals surface area contributed by atoms with E-state index >= 15 is 0 Å². The number of imidazole rings is 1. The number of carbonyl (C=O) groups is 1. The van der Waals surface area contributed by atoms with Crippen LogP contribution in [0.15, 0.2) is 39.3 Å². The standard InChI is InChI=1S/C15H17N7O3/c1-19-6-4-5-10(19)7-17-18-11(23)8-22-9-16-13-12(22)14(24)21(3)15(25)20(13)2/h4-7,9H,8H2,1-3H3,(H,18,23)/b17-7+. The van der Waals surface area contributed by atoms with Crippen molar-refractivity contribution in [3.8, 4) is 0 Å². The van der Waals surface area contributed by atoms with Crippen LogP contribution in [-0.4, -0.2) is 35.4 Å². The number of hydrogen-bond donors (Lipinski definition) is 1. The summed E-state index contributed by atoms with van der Waals surface area (Å²) in [5.41, 5.74) is 2.67. The monoisotopic (exact) mass is 343 g/mol. The van der Waals surface area contributed by atoms with Crippen LogP contribution in [0.4, 0.5) is 0 Å². The first-order chi connectivity index (χ1) is 11.9. The van der Waals surface area contributed by atoms with Crippen molar-refractivity contribution in [1.82, 2.24) is 28.7 Å². The van der Waals surface area contributed by atoms with Crippen molar-refractivity contribution in [2.75, 3.05) is 0 Å². The molecule has 0 aliphatic rings. The maximum atomic E-state index is 12.3. The summed E-state index contributed by atoms with van der Waals surface area (Å²) in [7, 11) is 4.76. The van der Waals surface area contributed by atoms with Crippen LogP contribution in [0.25, 0.3) is 11.2 Å². The molecule has 0 aromatic carbocycles. The summed E-state index contributed by atoms with van der Waals surface area (Å²) in [5.74, 6) is -0.416. The van der Waals surface area contributed by atoms with Gasteiger partial charge < -0.3 is 9.13 Å². The van der Waals surface area contributed by atoms with Crippen LogP contribution in [0, 0.1) is 0 Å². The molecule has 3 aromatic rings. The molecular formula is C15H17N7O3. The maximum Gasteiger partial charge on any atom is 0.332 e. The van der Waals surface area contributed by atoms with E-state index in [4.69, 9.17) is 0 Å². The van der Waals surface area contributed by atoms with Crippen molar-refractivity contribution in [3.05, 3.63) is 51.2 Å². The van der Waals surface area contributed by atoms with E-state index in [1.54, 1.807) is 0 Å². The van der Waals surface area contributed by atoms with E-state index in [-0.39, 0.29) is 17.7 Å². The number of aryl methyl sites for hydroxylation is 2. The number of fused-ring (bicyclic) bond motifs is 1. The molecule has 130 valence electrons. The van der Waals surface area contributed by atoms with Gasteiger partial charge in [0.15, 0.2) is 11.2 Å². The van der Waals surface area contributed by atoms with Crippen LogP contribution in [0.1, 0.15) is 5.69 Å². The van der Waals surface area contributed by atoms with Crippen molar-refractivity contribution in [1.29, 1.82) is 0 Å². The van der Waals surface area contributed by atoms with Crippen LogP contribution in [0.3, 0.4) is 0 Å². The summed E-state index contributed by atoms with van der Waals surface area (Å²) < 4.78 is 5.48. The van der Waals surface area contributed by atoms with Gasteiger partial charge in [0.1, 0.15) is 6.54 Å². The smallest absolute Gasteiger partial charge is 0.332 e. The number of hydrazone groups is 1. The molecule has 10 nitrogen and oxygen atoms in total. The molecule has 3 heterocycles. The predicted molar refractivity (Wildman–Crippen MR) is 91.4 cm³/mol. The zero-order valence-electron chi connectivity index (χ0n) is 14.0. The molecule has 0 saturated heterocycles. The molecule has 0 fully saturated rings. The van der Waals surface area contributed by atoms with Gasteiger partial charge in [0.2, 0.25) is 0 Å². The summed E-state index contributed by atoms with van der Waals surface area (Å²) in [6, 6.07) is 3.71. The SMILES string of the molecule is Cn1cccc1/C=N/NC(=O)Cn1cnc2c1c(=O)n(C)c(=O)n2C. The van der Waals surface area contributed by atoms with Crippen molar-refractivity contribution in [2.24, 2.45) is 26.2 Å². The highest BCUT2D eigenvalue weighted by Crippen LogP contribution is 2.05. The Morgan fingerprint density at radius 1 is 1.28 bits per heavy atom. The Bertz CT molecular complexity index is 1100. The lowest BCUT2D eigenvalue weighted by Crippen LogP contribution is -2.38. The zero-order chi connectivity index (χ0) is 18.1. The Hall–Kier alpha value is -3.43. The Morgan fingerprint density at radius 3 is 2.72 bits per heavy atom. The number of nitrogens with zero attached hydrogens (tertiary/aromatic N) is 6. The fourth-order valence-electron chi connectivity index (χ4n) is 2.49. The number of nitrogens with one attached hydrogen (secondary N) is 1. The van der Waals surface area contributed by atoms with Gasteiger partial charge in [0.25, 0.3) is 11.5 Å². The van der Waals surface area contributed by atoms with Gasteiger partial charge in [-0.25, -0.2) is 15.2 Å². The fraction of sp³-hybridized carbons (Fsp3) is 0.267. The summed E-state index contributed by atoms with van der Waals surface area (Å²) in [4.78, 5) is 40.3. The molecule has 0 radical (unpaired) electrons. The minimum Gasteiger partial charge on any atom is -0.350 e. The normalized spacial score (nSPS) is 11.5. The highest BCUT2D eigenvalue weighted by Gasteiger charge is 2.15. The van der Waals surface area contributed by atoms with Crippen LogP contribution in [-0.2, 0) is 32.5 Å². The van der Waals surface area contributed by atoms with Gasteiger partial charge in [0.05, 0.1) is 18.2 Å². The van der Waals surface area contributed by atoms with Gasteiger partial charge in [0, 0.05) is 27.3 Å². The van der Waals surface area contributed by atoms with E-state index in [9.17, 15) is 14.4 Å². The number of rotatable bonds is 4. The van der Waals surface area contributed by atoms with E-state index in [2.05, 4.69) is 15.5 Å². The van der Waals surface area contributed by atoms with Crippen molar-refractivity contribution >= 4 is 23.3 Å². The second-order valence-corrected chi connectivity index (χ2v) is 5.59. The second kappa shape index (κ2) is 6.23. The summed E-state index contributed by atoms with van der Waals surface area (Å²) in [5, 5.41) is 3.89. The Balaban J connectivity index is 1.83. The van der Waals surface area contributed by atoms with E-state index in [0.717, 1.165) is 10.3 Å². The van der Waals surface area contributed by atoms with Gasteiger partial charge in [-0.3, -0.25) is 18.7 Å². The molecule has 0 bridgehead atoms. The second-order valence-electron chi connectivity index (χ2n) is 5.59. The molecule has 1 amide bonds. The zero-order valence-corrected chi connectivity index (χ0v) is 14.0. The first-order valence-corrected chi connectivity index (χ1v) is 7.44. The molecule has 25 heavy (non-hydrogen) atoms. The number of hydrogen-bond acceptors (Lipinski definition) is 5. The van der Waals surface area contributed by atoms with Gasteiger partial charge in [-0.2, -0.15) is 5.10 Å². The molecule has 10 heteroatoms. The van der Waals surface area contributed by atoms with Gasteiger partial charge in [-0.15, -0.1) is 0 Å². The van der Waals surface area contributed by atoms with E-state index in [1.807, 2.05) is 29.9 Å². The fourth-order valence-corrected chi connectivity index (χ4v) is 2.49. The third-order valence-corrected chi connectivity index (χ3v) is 3.90. The van der Waals surface area contributed by atoms with E-state index < -0.39 is 17.2 Å². The number of amides is 1. The molecule has 0 aliphatic carbocycles. The minimum absolute atomic E-state index is 0.144. The first kappa shape index (κ1) is 16.4. The summed E-state index contributed by atoms with van der Waals surface area (Å²) in [6.07, 6.45) is 4.74. The highest BCUT2D eigenvalue weighted by atomic mass is 16.2. The lowest BCUT2D eigenvalue weighted by molar-refractivity contribution is -0.121. The lowest BCUT2D eigenvalue weighted by atomic mass is 10.4.